The summed E-state index contributed by atoms with van der Waals surface area (Å²) in [4.78, 5) is 22.4. The van der Waals surface area contributed by atoms with E-state index in [1.54, 1.807) is 0 Å². The van der Waals surface area contributed by atoms with E-state index in [4.69, 9.17) is 5.11 Å². The summed E-state index contributed by atoms with van der Waals surface area (Å²) < 4.78 is 0.476. The molecule has 0 unspecified atom stereocenters. The molecule has 0 saturated heterocycles. The SMILES string of the molecule is C=C(Br)C[C@H](NC(=O)[C@@H](O)CC(C)C)C(=O)O. The number of carbonyl (C=O) groups is 2. The van der Waals surface area contributed by atoms with Crippen LogP contribution >= 0.6 is 15.9 Å². The maximum Gasteiger partial charge on any atom is 0.326 e. The third kappa shape index (κ3) is 7.12. The van der Waals surface area contributed by atoms with Crippen molar-refractivity contribution in [2.75, 3.05) is 0 Å². The van der Waals surface area contributed by atoms with Crippen LogP contribution in [0, 0.1) is 5.92 Å². The molecule has 5 nitrogen and oxygen atoms in total. The van der Waals surface area contributed by atoms with E-state index >= 15 is 0 Å². The van der Waals surface area contributed by atoms with Crippen molar-refractivity contribution in [2.24, 2.45) is 5.92 Å². The van der Waals surface area contributed by atoms with E-state index in [0.717, 1.165) is 0 Å². The van der Waals surface area contributed by atoms with Crippen molar-refractivity contribution in [3.05, 3.63) is 11.1 Å². The number of carbonyl (C=O) groups excluding carboxylic acids is 1. The van der Waals surface area contributed by atoms with Crippen molar-refractivity contribution in [1.29, 1.82) is 0 Å². The lowest BCUT2D eigenvalue weighted by molar-refractivity contribution is -0.143. The lowest BCUT2D eigenvalue weighted by Crippen LogP contribution is -2.45. The number of carboxylic acid groups (broad SMARTS) is 1. The van der Waals surface area contributed by atoms with E-state index in [1.165, 1.54) is 0 Å². The first kappa shape index (κ1) is 16.1. The Balaban J connectivity index is 4.39. The molecule has 0 aliphatic heterocycles. The van der Waals surface area contributed by atoms with Gasteiger partial charge in [-0.05, 0) is 16.8 Å². The summed E-state index contributed by atoms with van der Waals surface area (Å²) in [6, 6.07) is -1.07. The average molecular weight is 308 g/mol. The van der Waals surface area contributed by atoms with Crippen LogP contribution in [0.2, 0.25) is 0 Å². The number of hydrogen-bond donors (Lipinski definition) is 3. The first-order chi connectivity index (χ1) is 7.73. The van der Waals surface area contributed by atoms with Crippen molar-refractivity contribution in [3.8, 4) is 0 Å². The normalized spacial score (nSPS) is 14.2. The van der Waals surface area contributed by atoms with Crippen molar-refractivity contribution in [3.63, 3.8) is 0 Å². The van der Waals surface area contributed by atoms with Gasteiger partial charge in [-0.25, -0.2) is 4.79 Å². The first-order valence-electron chi connectivity index (χ1n) is 5.28. The van der Waals surface area contributed by atoms with Crippen LogP contribution in [0.4, 0.5) is 0 Å². The summed E-state index contributed by atoms with van der Waals surface area (Å²) in [5.41, 5.74) is 0. The highest BCUT2D eigenvalue weighted by molar-refractivity contribution is 9.11. The van der Waals surface area contributed by atoms with E-state index in [9.17, 15) is 14.7 Å². The Labute approximate surface area is 109 Å². The quantitative estimate of drug-likeness (QED) is 0.661. The van der Waals surface area contributed by atoms with Gasteiger partial charge >= 0.3 is 5.97 Å². The minimum atomic E-state index is -1.18. The molecule has 2 atom stereocenters. The molecule has 0 aliphatic carbocycles. The second kappa shape index (κ2) is 7.45. The molecule has 0 aliphatic rings. The van der Waals surface area contributed by atoms with Crippen LogP contribution < -0.4 is 5.32 Å². The number of amides is 1. The van der Waals surface area contributed by atoms with Gasteiger partial charge in [0.1, 0.15) is 12.1 Å². The average Bonchev–Trinajstić information content (AvgIpc) is 2.14. The number of hydrogen-bond acceptors (Lipinski definition) is 3. The Morgan fingerprint density at radius 2 is 1.94 bits per heavy atom. The van der Waals surface area contributed by atoms with Gasteiger partial charge in [-0.2, -0.15) is 0 Å². The largest absolute Gasteiger partial charge is 0.480 e. The van der Waals surface area contributed by atoms with Gasteiger partial charge in [-0.15, -0.1) is 0 Å². The van der Waals surface area contributed by atoms with Crippen LogP contribution in [0.5, 0.6) is 0 Å². The number of rotatable bonds is 7. The van der Waals surface area contributed by atoms with Crippen LogP contribution in [0.3, 0.4) is 0 Å². The Bertz CT molecular complexity index is 304. The van der Waals surface area contributed by atoms with E-state index in [0.29, 0.717) is 10.9 Å². The molecule has 6 heteroatoms. The minimum absolute atomic E-state index is 0.0788. The molecule has 0 spiro atoms. The molecule has 0 fully saturated rings. The molecule has 17 heavy (non-hydrogen) atoms. The fourth-order valence-electron chi connectivity index (χ4n) is 1.24. The van der Waals surface area contributed by atoms with Crippen molar-refractivity contribution in [2.45, 2.75) is 38.8 Å². The third-order valence-corrected chi connectivity index (χ3v) is 2.36. The fourth-order valence-corrected chi connectivity index (χ4v) is 1.57. The Morgan fingerprint density at radius 3 is 2.29 bits per heavy atom. The zero-order valence-electron chi connectivity index (χ0n) is 9.94. The van der Waals surface area contributed by atoms with Gasteiger partial charge < -0.3 is 15.5 Å². The zero-order valence-corrected chi connectivity index (χ0v) is 11.5. The zero-order chi connectivity index (χ0) is 13.6. The van der Waals surface area contributed by atoms with Crippen molar-refractivity contribution in [1.82, 2.24) is 5.32 Å². The molecular formula is C11H18BrNO4. The summed E-state index contributed by atoms with van der Waals surface area (Å²) in [7, 11) is 0. The molecule has 0 aromatic heterocycles. The van der Waals surface area contributed by atoms with Crippen LogP contribution in [0.25, 0.3) is 0 Å². The maximum atomic E-state index is 11.5. The second-order valence-corrected chi connectivity index (χ2v) is 5.39. The van der Waals surface area contributed by atoms with Crippen LogP contribution in [0.1, 0.15) is 26.7 Å². The molecule has 3 N–H and O–H groups in total. The predicted octanol–water partition coefficient (Wildman–Crippen LogP) is 1.26. The molecule has 0 saturated carbocycles. The Kier molecular flexibility index (Phi) is 7.06. The van der Waals surface area contributed by atoms with Gasteiger partial charge in [0.25, 0.3) is 0 Å². The van der Waals surface area contributed by atoms with Gasteiger partial charge in [0.2, 0.25) is 5.91 Å². The van der Waals surface area contributed by atoms with Crippen molar-refractivity contribution < 1.29 is 19.8 Å². The van der Waals surface area contributed by atoms with Crippen molar-refractivity contribution >= 4 is 27.8 Å². The van der Waals surface area contributed by atoms with E-state index < -0.39 is 24.0 Å². The Hall–Kier alpha value is -0.880. The standard InChI is InChI=1S/C11H18BrNO4/c1-6(2)4-9(14)10(15)13-8(11(16)17)5-7(3)12/h6,8-9,14H,3-5H2,1-2H3,(H,13,15)(H,16,17)/t8-,9-/m0/s1. The molecule has 0 aromatic rings. The predicted molar refractivity (Wildman–Crippen MR) is 67.7 cm³/mol. The summed E-state index contributed by atoms with van der Waals surface area (Å²) >= 11 is 3.04. The highest BCUT2D eigenvalue weighted by Crippen LogP contribution is 2.11. The third-order valence-electron chi connectivity index (χ3n) is 2.04. The highest BCUT2D eigenvalue weighted by atomic mass is 79.9. The number of aliphatic hydroxyl groups is 1. The molecule has 1 amide bonds. The molecule has 0 aromatic carbocycles. The second-order valence-electron chi connectivity index (χ2n) is 4.27. The molecular weight excluding hydrogens is 290 g/mol. The van der Waals surface area contributed by atoms with E-state index in [-0.39, 0.29) is 12.3 Å². The Morgan fingerprint density at radius 1 is 1.41 bits per heavy atom. The lowest BCUT2D eigenvalue weighted by Gasteiger charge is -2.17. The number of halogens is 1. The summed E-state index contributed by atoms with van der Waals surface area (Å²) in [5, 5.41) is 20.7. The van der Waals surface area contributed by atoms with E-state index in [1.807, 2.05) is 13.8 Å². The van der Waals surface area contributed by atoms with E-state index in [2.05, 4.69) is 27.8 Å². The topological polar surface area (TPSA) is 86.6 Å². The van der Waals surface area contributed by atoms with Gasteiger partial charge in [0.15, 0.2) is 0 Å². The van der Waals surface area contributed by atoms with Gasteiger partial charge in [-0.3, -0.25) is 4.79 Å². The number of aliphatic carboxylic acids is 1. The number of nitrogens with one attached hydrogen (secondary N) is 1. The molecule has 0 heterocycles. The number of carboxylic acids is 1. The van der Waals surface area contributed by atoms with Crippen LogP contribution in [-0.4, -0.2) is 34.2 Å². The molecule has 0 bridgehead atoms. The monoisotopic (exact) mass is 307 g/mol. The fraction of sp³-hybridized carbons (Fsp3) is 0.636. The summed E-state index contributed by atoms with van der Waals surface area (Å²) in [5.74, 6) is -1.67. The summed E-state index contributed by atoms with van der Waals surface area (Å²) in [6.45, 7) is 7.25. The van der Waals surface area contributed by atoms with Crippen LogP contribution in [-0.2, 0) is 9.59 Å². The summed E-state index contributed by atoms with van der Waals surface area (Å²) in [6.07, 6.45) is -0.802. The van der Waals surface area contributed by atoms with Gasteiger partial charge in [-0.1, -0.05) is 36.4 Å². The van der Waals surface area contributed by atoms with Gasteiger partial charge in [0, 0.05) is 6.42 Å². The first-order valence-corrected chi connectivity index (χ1v) is 6.07. The lowest BCUT2D eigenvalue weighted by atomic mass is 10.1. The number of aliphatic hydroxyl groups excluding tert-OH is 1. The maximum absolute atomic E-state index is 11.5. The van der Waals surface area contributed by atoms with Gasteiger partial charge in [0.05, 0.1) is 0 Å². The molecule has 0 radical (unpaired) electrons. The molecule has 0 rings (SSSR count). The highest BCUT2D eigenvalue weighted by Gasteiger charge is 2.24. The minimum Gasteiger partial charge on any atom is -0.480 e. The molecule has 98 valence electrons. The smallest absolute Gasteiger partial charge is 0.326 e. The van der Waals surface area contributed by atoms with Crippen LogP contribution in [0.15, 0.2) is 11.1 Å².